The van der Waals surface area contributed by atoms with E-state index in [9.17, 15) is 4.79 Å². The maximum atomic E-state index is 12.6. The molecule has 0 N–H and O–H groups in total. The van der Waals surface area contributed by atoms with Crippen LogP contribution < -0.4 is 9.64 Å². The van der Waals surface area contributed by atoms with Gasteiger partial charge < -0.3 is 24.2 Å². The predicted octanol–water partition coefficient (Wildman–Crippen LogP) is 3.59. The first-order valence-corrected chi connectivity index (χ1v) is 11.0. The first kappa shape index (κ1) is 18.1. The number of nitrogens with zero attached hydrogens (tertiary/aromatic N) is 3. The van der Waals surface area contributed by atoms with Crippen molar-refractivity contribution < 1.29 is 14.3 Å². The van der Waals surface area contributed by atoms with E-state index in [0.29, 0.717) is 6.61 Å². The molecule has 6 heteroatoms. The van der Waals surface area contributed by atoms with Crippen LogP contribution in [0.25, 0.3) is 0 Å². The van der Waals surface area contributed by atoms with Gasteiger partial charge in [0.05, 0.1) is 6.61 Å². The Morgan fingerprint density at radius 2 is 1.57 bits per heavy atom. The van der Waals surface area contributed by atoms with E-state index < -0.39 is 0 Å². The lowest BCUT2D eigenvalue weighted by atomic mass is 9.93. The van der Waals surface area contributed by atoms with Crippen LogP contribution in [-0.4, -0.2) is 60.9 Å². The van der Waals surface area contributed by atoms with Gasteiger partial charge in [-0.2, -0.15) is 0 Å². The van der Waals surface area contributed by atoms with Crippen LogP contribution in [0.2, 0.25) is 0 Å². The van der Waals surface area contributed by atoms with E-state index in [2.05, 4.69) is 23.1 Å². The Labute approximate surface area is 167 Å². The van der Waals surface area contributed by atoms with Crippen molar-refractivity contribution in [2.24, 2.45) is 0 Å². The van der Waals surface area contributed by atoms with Crippen LogP contribution in [0.15, 0.2) is 18.2 Å². The molecule has 152 valence electrons. The van der Waals surface area contributed by atoms with Gasteiger partial charge in [-0.05, 0) is 43.9 Å². The number of carbonyl (C=O) groups is 1. The van der Waals surface area contributed by atoms with Crippen molar-refractivity contribution >= 4 is 11.7 Å². The molecule has 5 rings (SSSR count). The van der Waals surface area contributed by atoms with Crippen molar-refractivity contribution in [2.75, 3.05) is 44.2 Å². The zero-order valence-corrected chi connectivity index (χ0v) is 16.7. The van der Waals surface area contributed by atoms with Crippen LogP contribution in [0.1, 0.15) is 50.5 Å². The molecule has 6 nitrogen and oxygen atoms in total. The predicted molar refractivity (Wildman–Crippen MR) is 108 cm³/mol. The van der Waals surface area contributed by atoms with Crippen molar-refractivity contribution in [3.63, 3.8) is 0 Å². The van der Waals surface area contributed by atoms with E-state index in [1.54, 1.807) is 0 Å². The second-order valence-electron chi connectivity index (χ2n) is 8.60. The fraction of sp³-hybridized carbons (Fsp3) is 0.682. The molecule has 0 atom stereocenters. The molecule has 1 spiro atoms. The van der Waals surface area contributed by atoms with Gasteiger partial charge in [0.25, 0.3) is 0 Å². The third-order valence-corrected chi connectivity index (χ3v) is 6.74. The van der Waals surface area contributed by atoms with E-state index in [0.717, 1.165) is 76.3 Å². The highest BCUT2D eigenvalue weighted by Crippen LogP contribution is 2.41. The highest BCUT2D eigenvalue weighted by molar-refractivity contribution is 5.75. The van der Waals surface area contributed by atoms with Gasteiger partial charge in [-0.15, -0.1) is 0 Å². The molecule has 1 aliphatic carbocycles. The molecule has 1 saturated carbocycles. The van der Waals surface area contributed by atoms with Crippen LogP contribution in [0.5, 0.6) is 5.75 Å². The Morgan fingerprint density at radius 1 is 0.857 bits per heavy atom. The molecule has 0 aromatic heterocycles. The number of ether oxygens (including phenoxy) is 2. The van der Waals surface area contributed by atoms with Crippen molar-refractivity contribution in [3.05, 3.63) is 23.8 Å². The summed E-state index contributed by atoms with van der Waals surface area (Å²) in [4.78, 5) is 19.0. The van der Waals surface area contributed by atoms with Crippen molar-refractivity contribution in [2.45, 2.75) is 57.3 Å². The SMILES string of the molecule is O=C(N1CCCC1)N1CCN(c2ccc3c(c2)COC2(CCCCC2)O3)CC1. The maximum Gasteiger partial charge on any atom is 0.320 e. The Balaban J connectivity index is 1.22. The van der Waals surface area contributed by atoms with Gasteiger partial charge in [-0.3, -0.25) is 0 Å². The normalized spacial score (nSPS) is 24.2. The molecule has 3 fully saturated rings. The number of likely N-dealkylation sites (tertiary alicyclic amines) is 1. The third kappa shape index (κ3) is 3.43. The van der Waals surface area contributed by atoms with Gasteiger partial charge in [0, 0.05) is 63.4 Å². The highest BCUT2D eigenvalue weighted by Gasteiger charge is 2.39. The summed E-state index contributed by atoms with van der Waals surface area (Å²) < 4.78 is 12.5. The molecule has 1 aromatic carbocycles. The van der Waals surface area contributed by atoms with E-state index in [-0.39, 0.29) is 11.8 Å². The topological polar surface area (TPSA) is 45.3 Å². The largest absolute Gasteiger partial charge is 0.462 e. The van der Waals surface area contributed by atoms with Crippen LogP contribution in [-0.2, 0) is 11.3 Å². The van der Waals surface area contributed by atoms with E-state index >= 15 is 0 Å². The second kappa shape index (κ2) is 7.47. The summed E-state index contributed by atoms with van der Waals surface area (Å²) in [7, 11) is 0. The Morgan fingerprint density at radius 3 is 2.32 bits per heavy atom. The summed E-state index contributed by atoms with van der Waals surface area (Å²) in [6.07, 6.45) is 7.95. The molecule has 0 unspecified atom stereocenters. The number of amides is 2. The zero-order chi connectivity index (χ0) is 19.0. The Hall–Kier alpha value is -1.95. The summed E-state index contributed by atoms with van der Waals surface area (Å²) in [6.45, 7) is 5.83. The van der Waals surface area contributed by atoms with Gasteiger partial charge in [-0.25, -0.2) is 4.79 Å². The first-order chi connectivity index (χ1) is 13.7. The molecule has 28 heavy (non-hydrogen) atoms. The minimum Gasteiger partial charge on any atom is -0.462 e. The van der Waals surface area contributed by atoms with E-state index in [1.807, 2.05) is 9.80 Å². The fourth-order valence-corrected chi connectivity index (χ4v) is 5.02. The number of carbonyl (C=O) groups excluding carboxylic acids is 1. The van der Waals surface area contributed by atoms with E-state index in [1.165, 1.54) is 24.9 Å². The molecular weight excluding hydrogens is 354 g/mol. The summed E-state index contributed by atoms with van der Waals surface area (Å²) >= 11 is 0. The molecule has 3 aliphatic heterocycles. The monoisotopic (exact) mass is 385 g/mol. The molecule has 1 aromatic rings. The van der Waals surface area contributed by atoms with Crippen molar-refractivity contribution in [3.8, 4) is 5.75 Å². The lowest BCUT2D eigenvalue weighted by molar-refractivity contribution is -0.222. The van der Waals surface area contributed by atoms with Gasteiger partial charge in [0.1, 0.15) is 5.75 Å². The number of piperazine rings is 1. The number of urea groups is 1. The summed E-state index contributed by atoms with van der Waals surface area (Å²) in [6, 6.07) is 6.72. The molecular formula is C22H31N3O3. The summed E-state index contributed by atoms with van der Waals surface area (Å²) in [5, 5.41) is 0. The molecule has 0 bridgehead atoms. The Bertz CT molecular complexity index is 718. The number of hydrogen-bond donors (Lipinski definition) is 0. The number of anilines is 1. The Kier molecular flexibility index (Phi) is 4.83. The standard InChI is InChI=1S/C22H31N3O3/c26-21(24-10-4-5-11-24)25-14-12-23(13-15-25)19-6-7-20-18(16-19)17-27-22(28-20)8-2-1-3-9-22/h6-7,16H,1-5,8-15,17H2. The highest BCUT2D eigenvalue weighted by atomic mass is 16.7. The number of rotatable bonds is 1. The quantitative estimate of drug-likeness (QED) is 0.741. The summed E-state index contributed by atoms with van der Waals surface area (Å²) in [5.74, 6) is 0.605. The average Bonchev–Trinajstić information content (AvgIpc) is 3.29. The molecule has 4 aliphatic rings. The van der Waals surface area contributed by atoms with Crippen LogP contribution in [0.3, 0.4) is 0 Å². The number of fused-ring (bicyclic) bond motifs is 1. The fourth-order valence-electron chi connectivity index (χ4n) is 5.02. The lowest BCUT2D eigenvalue weighted by Crippen LogP contribution is -2.52. The van der Waals surface area contributed by atoms with E-state index in [4.69, 9.17) is 9.47 Å². The second-order valence-corrected chi connectivity index (χ2v) is 8.60. The first-order valence-electron chi connectivity index (χ1n) is 11.0. The average molecular weight is 386 g/mol. The molecule has 0 radical (unpaired) electrons. The van der Waals surface area contributed by atoms with Crippen LogP contribution in [0, 0.1) is 0 Å². The smallest absolute Gasteiger partial charge is 0.320 e. The number of hydrogen-bond acceptors (Lipinski definition) is 4. The van der Waals surface area contributed by atoms with Crippen LogP contribution >= 0.6 is 0 Å². The minimum absolute atomic E-state index is 0.224. The van der Waals surface area contributed by atoms with Crippen molar-refractivity contribution in [1.29, 1.82) is 0 Å². The molecule has 2 saturated heterocycles. The minimum atomic E-state index is -0.381. The molecule has 3 heterocycles. The summed E-state index contributed by atoms with van der Waals surface area (Å²) in [5.41, 5.74) is 2.35. The lowest BCUT2D eigenvalue weighted by Gasteiger charge is -2.41. The van der Waals surface area contributed by atoms with Crippen molar-refractivity contribution in [1.82, 2.24) is 9.80 Å². The number of benzene rings is 1. The third-order valence-electron chi connectivity index (χ3n) is 6.74. The van der Waals surface area contributed by atoms with Gasteiger partial charge in [0.15, 0.2) is 0 Å². The maximum absolute atomic E-state index is 12.6. The zero-order valence-electron chi connectivity index (χ0n) is 16.7. The van der Waals surface area contributed by atoms with Gasteiger partial charge in [-0.1, -0.05) is 6.42 Å². The van der Waals surface area contributed by atoms with Gasteiger partial charge in [0.2, 0.25) is 5.79 Å². The molecule has 2 amide bonds. The van der Waals surface area contributed by atoms with Gasteiger partial charge >= 0.3 is 6.03 Å². The van der Waals surface area contributed by atoms with Crippen LogP contribution in [0.4, 0.5) is 10.5 Å².